The first-order valence-corrected chi connectivity index (χ1v) is 7.88. The summed E-state index contributed by atoms with van der Waals surface area (Å²) in [5.74, 6) is -0.0925. The zero-order valence-electron chi connectivity index (χ0n) is 13.3. The van der Waals surface area contributed by atoms with Crippen LogP contribution in [0.4, 0.5) is 10.1 Å². The van der Waals surface area contributed by atoms with Crippen LogP contribution < -0.4 is 10.1 Å². The molecule has 0 aliphatic carbocycles. The van der Waals surface area contributed by atoms with E-state index >= 15 is 0 Å². The van der Waals surface area contributed by atoms with Gasteiger partial charge in [0.25, 0.3) is 5.91 Å². The molecule has 0 heterocycles. The Morgan fingerprint density at radius 3 is 2.50 bits per heavy atom. The van der Waals surface area contributed by atoms with Gasteiger partial charge in [-0.25, -0.2) is 4.39 Å². The number of anilines is 1. The highest BCUT2D eigenvalue weighted by molar-refractivity contribution is 6.03. The number of benzene rings is 3. The summed E-state index contributed by atoms with van der Waals surface area (Å²) in [6.07, 6.45) is -0.136. The monoisotopic (exact) mass is 323 g/mol. The lowest BCUT2D eigenvalue weighted by Gasteiger charge is -2.18. The molecule has 1 atom stereocenters. The van der Waals surface area contributed by atoms with E-state index in [-0.39, 0.29) is 11.7 Å². The molecule has 1 unspecified atom stereocenters. The summed E-state index contributed by atoms with van der Waals surface area (Å²) in [5, 5.41) is 4.96. The summed E-state index contributed by atoms with van der Waals surface area (Å²) in [6, 6.07) is 19.3. The van der Waals surface area contributed by atoms with Gasteiger partial charge in [0, 0.05) is 11.1 Å². The Morgan fingerprint density at radius 1 is 1.04 bits per heavy atom. The Hall–Kier alpha value is -2.88. The number of nitrogens with one attached hydrogen (secondary N) is 1. The van der Waals surface area contributed by atoms with Crippen molar-refractivity contribution in [1.29, 1.82) is 0 Å². The second-order valence-corrected chi connectivity index (χ2v) is 5.48. The molecule has 24 heavy (non-hydrogen) atoms. The van der Waals surface area contributed by atoms with Crippen LogP contribution in [0.1, 0.15) is 13.3 Å². The molecule has 0 aromatic heterocycles. The van der Waals surface area contributed by atoms with Crippen molar-refractivity contribution < 1.29 is 13.9 Å². The van der Waals surface area contributed by atoms with Crippen LogP contribution >= 0.6 is 0 Å². The summed E-state index contributed by atoms with van der Waals surface area (Å²) in [5.41, 5.74) is 0.749. The molecule has 0 radical (unpaired) electrons. The van der Waals surface area contributed by atoms with Gasteiger partial charge < -0.3 is 10.1 Å². The topological polar surface area (TPSA) is 38.3 Å². The molecule has 3 nitrogen and oxygen atoms in total. The quantitative estimate of drug-likeness (QED) is 0.734. The fourth-order valence-electron chi connectivity index (χ4n) is 2.55. The minimum Gasteiger partial charge on any atom is -0.481 e. The van der Waals surface area contributed by atoms with Gasteiger partial charge in [-0.15, -0.1) is 0 Å². The zero-order chi connectivity index (χ0) is 16.9. The third-order valence-electron chi connectivity index (χ3n) is 3.80. The van der Waals surface area contributed by atoms with E-state index in [9.17, 15) is 9.18 Å². The van der Waals surface area contributed by atoms with Gasteiger partial charge in [0.2, 0.25) is 0 Å². The van der Waals surface area contributed by atoms with Crippen LogP contribution in [-0.2, 0) is 4.79 Å². The van der Waals surface area contributed by atoms with Crippen LogP contribution in [-0.4, -0.2) is 12.0 Å². The van der Waals surface area contributed by atoms with Gasteiger partial charge in [0.05, 0.1) is 0 Å². The van der Waals surface area contributed by atoms with Gasteiger partial charge in [0.15, 0.2) is 6.10 Å². The van der Waals surface area contributed by atoms with E-state index in [2.05, 4.69) is 5.32 Å². The largest absolute Gasteiger partial charge is 0.481 e. The molecule has 0 aliphatic heterocycles. The molecule has 0 aliphatic rings. The molecule has 3 aromatic rings. The van der Waals surface area contributed by atoms with Gasteiger partial charge in [0.1, 0.15) is 11.6 Å². The molecule has 3 rings (SSSR count). The van der Waals surface area contributed by atoms with E-state index < -0.39 is 6.10 Å². The number of halogens is 1. The van der Waals surface area contributed by atoms with E-state index in [1.54, 1.807) is 0 Å². The normalized spacial score (nSPS) is 11.9. The van der Waals surface area contributed by atoms with Gasteiger partial charge in [-0.2, -0.15) is 0 Å². The second-order valence-electron chi connectivity index (χ2n) is 5.48. The molecule has 4 heteroatoms. The highest BCUT2D eigenvalue weighted by Gasteiger charge is 2.19. The number of carbonyl (C=O) groups is 1. The summed E-state index contributed by atoms with van der Waals surface area (Å²) >= 11 is 0. The fraction of sp³-hybridized carbons (Fsp3) is 0.150. The molecular weight excluding hydrogens is 305 g/mol. The SMILES string of the molecule is CCC(Oc1ccc(F)cc1)C(=O)Nc1cccc2ccccc12. The Kier molecular flexibility index (Phi) is 4.75. The van der Waals surface area contributed by atoms with E-state index in [0.29, 0.717) is 12.2 Å². The van der Waals surface area contributed by atoms with E-state index in [1.807, 2.05) is 49.4 Å². The molecule has 0 saturated heterocycles. The van der Waals surface area contributed by atoms with Crippen LogP contribution in [0.2, 0.25) is 0 Å². The van der Waals surface area contributed by atoms with Crippen LogP contribution in [0, 0.1) is 5.82 Å². The third kappa shape index (κ3) is 3.54. The van der Waals surface area contributed by atoms with Crippen molar-refractivity contribution in [2.45, 2.75) is 19.4 Å². The number of ether oxygens (including phenoxy) is 1. The van der Waals surface area contributed by atoms with Gasteiger partial charge in [-0.3, -0.25) is 4.79 Å². The summed E-state index contributed by atoms with van der Waals surface area (Å²) in [6.45, 7) is 1.87. The minimum atomic E-state index is -0.644. The maximum absolute atomic E-state index is 13.0. The number of carbonyl (C=O) groups excluding carboxylic acids is 1. The lowest BCUT2D eigenvalue weighted by atomic mass is 10.1. The van der Waals surface area contributed by atoms with Crippen molar-refractivity contribution >= 4 is 22.4 Å². The number of amides is 1. The van der Waals surface area contributed by atoms with E-state index in [0.717, 1.165) is 16.5 Å². The maximum Gasteiger partial charge on any atom is 0.265 e. The predicted octanol–water partition coefficient (Wildman–Crippen LogP) is 4.78. The molecule has 1 amide bonds. The lowest BCUT2D eigenvalue weighted by Crippen LogP contribution is -2.32. The molecule has 0 bridgehead atoms. The Labute approximate surface area is 140 Å². The summed E-state index contributed by atoms with van der Waals surface area (Å²) < 4.78 is 18.7. The van der Waals surface area contributed by atoms with Crippen molar-refractivity contribution in [3.63, 3.8) is 0 Å². The Balaban J connectivity index is 1.77. The first-order chi connectivity index (χ1) is 11.7. The molecule has 0 spiro atoms. The Morgan fingerprint density at radius 2 is 1.75 bits per heavy atom. The Bertz CT molecular complexity index is 840. The number of hydrogen-bond donors (Lipinski definition) is 1. The van der Waals surface area contributed by atoms with E-state index in [4.69, 9.17) is 4.74 Å². The van der Waals surface area contributed by atoms with Gasteiger partial charge in [-0.1, -0.05) is 43.3 Å². The van der Waals surface area contributed by atoms with Crippen LogP contribution in [0.5, 0.6) is 5.75 Å². The van der Waals surface area contributed by atoms with Gasteiger partial charge >= 0.3 is 0 Å². The van der Waals surface area contributed by atoms with Crippen molar-refractivity contribution in [2.75, 3.05) is 5.32 Å². The van der Waals surface area contributed by atoms with Crippen LogP contribution in [0.15, 0.2) is 66.7 Å². The average Bonchev–Trinajstić information content (AvgIpc) is 2.61. The summed E-state index contributed by atoms with van der Waals surface area (Å²) in [4.78, 5) is 12.5. The smallest absolute Gasteiger partial charge is 0.265 e. The zero-order valence-corrected chi connectivity index (χ0v) is 13.3. The standard InChI is InChI=1S/C20H18FNO2/c1-2-19(24-16-12-10-15(21)11-13-16)20(23)22-18-9-5-7-14-6-3-4-8-17(14)18/h3-13,19H,2H2,1H3,(H,22,23). The first kappa shape index (κ1) is 16.0. The van der Waals surface area contributed by atoms with Crippen molar-refractivity contribution in [1.82, 2.24) is 0 Å². The number of fused-ring (bicyclic) bond motifs is 1. The van der Waals surface area contributed by atoms with Crippen molar-refractivity contribution in [3.05, 3.63) is 72.5 Å². The molecule has 0 saturated carbocycles. The molecular formula is C20H18FNO2. The summed E-state index contributed by atoms with van der Waals surface area (Å²) in [7, 11) is 0. The van der Waals surface area contributed by atoms with Gasteiger partial charge in [-0.05, 0) is 42.1 Å². The minimum absolute atomic E-state index is 0.224. The third-order valence-corrected chi connectivity index (χ3v) is 3.80. The second kappa shape index (κ2) is 7.13. The first-order valence-electron chi connectivity index (χ1n) is 7.88. The maximum atomic E-state index is 13.0. The fourth-order valence-corrected chi connectivity index (χ4v) is 2.55. The number of hydrogen-bond acceptors (Lipinski definition) is 2. The number of rotatable bonds is 5. The lowest BCUT2D eigenvalue weighted by molar-refractivity contribution is -0.122. The highest BCUT2D eigenvalue weighted by atomic mass is 19.1. The highest BCUT2D eigenvalue weighted by Crippen LogP contribution is 2.23. The van der Waals surface area contributed by atoms with Crippen molar-refractivity contribution in [3.8, 4) is 5.75 Å². The van der Waals surface area contributed by atoms with Crippen LogP contribution in [0.25, 0.3) is 10.8 Å². The molecule has 1 N–H and O–H groups in total. The predicted molar refractivity (Wildman–Crippen MR) is 93.7 cm³/mol. The van der Waals surface area contributed by atoms with E-state index in [1.165, 1.54) is 24.3 Å². The molecule has 3 aromatic carbocycles. The van der Waals surface area contributed by atoms with Crippen LogP contribution in [0.3, 0.4) is 0 Å². The molecule has 122 valence electrons. The molecule has 0 fully saturated rings. The average molecular weight is 323 g/mol. The van der Waals surface area contributed by atoms with Crippen molar-refractivity contribution in [2.24, 2.45) is 0 Å².